The van der Waals surface area contributed by atoms with Crippen LogP contribution in [0.25, 0.3) is 0 Å². The van der Waals surface area contributed by atoms with E-state index in [0.717, 1.165) is 18.1 Å². The van der Waals surface area contributed by atoms with Gasteiger partial charge in [-0.25, -0.2) is 4.79 Å². The van der Waals surface area contributed by atoms with Crippen LogP contribution in [-0.2, 0) is 9.53 Å². The molecule has 3 atom stereocenters. The highest BCUT2D eigenvalue weighted by Gasteiger charge is 2.40. The van der Waals surface area contributed by atoms with E-state index in [-0.39, 0.29) is 0 Å². The van der Waals surface area contributed by atoms with E-state index in [9.17, 15) is 9.90 Å². The number of allylic oxidation sites excluding steroid dienone is 1. The molecule has 90 valence electrons. The highest BCUT2D eigenvalue weighted by molar-refractivity contribution is 5.81. The van der Waals surface area contributed by atoms with Crippen LogP contribution in [0.4, 0.5) is 0 Å². The molecule has 0 aromatic carbocycles. The van der Waals surface area contributed by atoms with Crippen molar-refractivity contribution in [2.75, 3.05) is 0 Å². The first-order valence-electron chi connectivity index (χ1n) is 5.57. The van der Waals surface area contributed by atoms with E-state index in [0.29, 0.717) is 18.8 Å². The van der Waals surface area contributed by atoms with Gasteiger partial charge < -0.3 is 9.84 Å². The van der Waals surface area contributed by atoms with Gasteiger partial charge in [0.05, 0.1) is 5.60 Å². The summed E-state index contributed by atoms with van der Waals surface area (Å²) in [5.41, 5.74) is 0.139. The van der Waals surface area contributed by atoms with Gasteiger partial charge in [0, 0.05) is 6.08 Å². The summed E-state index contributed by atoms with van der Waals surface area (Å²) < 4.78 is 5.19. The van der Waals surface area contributed by atoms with Crippen LogP contribution in [0.3, 0.4) is 0 Å². The molecule has 0 radical (unpaired) electrons. The van der Waals surface area contributed by atoms with Gasteiger partial charge in [-0.2, -0.15) is 0 Å². The van der Waals surface area contributed by atoms with E-state index in [1.165, 1.54) is 0 Å². The fourth-order valence-electron chi connectivity index (χ4n) is 2.07. The molecule has 1 N–H and O–H groups in total. The molecule has 0 spiro atoms. The smallest absolute Gasteiger partial charge is 0.330 e. The summed E-state index contributed by atoms with van der Waals surface area (Å²) in [6, 6.07) is 0. The molecule has 1 aliphatic carbocycles. The Bertz CT molecular complexity index is 304. The van der Waals surface area contributed by atoms with Crippen molar-refractivity contribution in [2.45, 2.75) is 44.8 Å². The van der Waals surface area contributed by atoms with Crippen molar-refractivity contribution in [1.82, 2.24) is 0 Å². The first kappa shape index (κ1) is 13.0. The predicted molar refractivity (Wildman–Crippen MR) is 62.9 cm³/mol. The number of hydrogen-bond donors (Lipinski definition) is 1. The Morgan fingerprint density at radius 2 is 2.25 bits per heavy atom. The summed E-state index contributed by atoms with van der Waals surface area (Å²) in [7, 11) is 0. The van der Waals surface area contributed by atoms with Crippen LogP contribution in [0.2, 0.25) is 0 Å². The fourth-order valence-corrected chi connectivity index (χ4v) is 2.07. The highest BCUT2D eigenvalue weighted by Crippen LogP contribution is 2.36. The summed E-state index contributed by atoms with van der Waals surface area (Å²) in [5.74, 6) is -0.157. The maximum atomic E-state index is 11.2. The van der Waals surface area contributed by atoms with Crippen LogP contribution in [0, 0.1) is 5.92 Å². The van der Waals surface area contributed by atoms with Crippen molar-refractivity contribution in [1.29, 1.82) is 0 Å². The molecule has 0 heterocycles. The molecule has 1 rings (SSSR count). The topological polar surface area (TPSA) is 46.5 Å². The van der Waals surface area contributed by atoms with Crippen LogP contribution in [-0.4, -0.2) is 22.8 Å². The van der Waals surface area contributed by atoms with Crippen molar-refractivity contribution in [3.05, 3.63) is 24.8 Å². The maximum absolute atomic E-state index is 11.2. The van der Waals surface area contributed by atoms with Gasteiger partial charge in [-0.1, -0.05) is 18.7 Å². The van der Waals surface area contributed by atoms with Crippen LogP contribution >= 0.6 is 0 Å². The zero-order valence-corrected chi connectivity index (χ0v) is 10.0. The van der Waals surface area contributed by atoms with Crippen molar-refractivity contribution in [2.24, 2.45) is 5.92 Å². The number of carbonyl (C=O) groups excluding carboxylic acids is 1. The summed E-state index contributed by atoms with van der Waals surface area (Å²) in [5, 5.41) is 10.1. The number of aliphatic hydroxyl groups is 1. The average Bonchev–Trinajstić information content (AvgIpc) is 2.20. The molecule has 3 unspecified atom stereocenters. The number of ether oxygens (including phenoxy) is 1. The van der Waals surface area contributed by atoms with E-state index < -0.39 is 17.7 Å². The number of esters is 1. The van der Waals surface area contributed by atoms with Gasteiger partial charge in [0.15, 0.2) is 0 Å². The monoisotopic (exact) mass is 224 g/mol. The third kappa shape index (κ3) is 2.95. The maximum Gasteiger partial charge on any atom is 0.330 e. The molecule has 0 aromatic rings. The van der Waals surface area contributed by atoms with E-state index in [1.807, 2.05) is 6.92 Å². The lowest BCUT2D eigenvalue weighted by molar-refractivity contribution is -0.165. The van der Waals surface area contributed by atoms with E-state index in [2.05, 4.69) is 13.2 Å². The average molecular weight is 224 g/mol. The van der Waals surface area contributed by atoms with Crippen LogP contribution in [0.15, 0.2) is 24.8 Å². The second kappa shape index (κ2) is 4.83. The molecule has 1 fully saturated rings. The van der Waals surface area contributed by atoms with Crippen molar-refractivity contribution < 1.29 is 14.6 Å². The summed E-state index contributed by atoms with van der Waals surface area (Å²) in [4.78, 5) is 11.2. The molecule has 0 amide bonds. The zero-order chi connectivity index (χ0) is 12.3. The number of carbonyl (C=O) groups is 1. The Hall–Kier alpha value is -1.09. The van der Waals surface area contributed by atoms with Gasteiger partial charge >= 0.3 is 5.97 Å². The summed E-state index contributed by atoms with van der Waals surface area (Å²) >= 11 is 0. The molecule has 0 aliphatic heterocycles. The molecule has 3 heteroatoms. The molecular weight excluding hydrogens is 204 g/mol. The predicted octanol–water partition coefficient (Wildman–Crippen LogP) is 2.21. The lowest BCUT2D eigenvalue weighted by atomic mass is 9.75. The van der Waals surface area contributed by atoms with E-state index in [1.54, 1.807) is 6.92 Å². The second-order valence-corrected chi connectivity index (χ2v) is 4.80. The van der Waals surface area contributed by atoms with Crippen molar-refractivity contribution in [3.8, 4) is 0 Å². The lowest BCUT2D eigenvalue weighted by Crippen LogP contribution is -2.47. The van der Waals surface area contributed by atoms with Crippen LogP contribution in [0.5, 0.6) is 0 Å². The van der Waals surface area contributed by atoms with Gasteiger partial charge in [0.25, 0.3) is 0 Å². The third-order valence-electron chi connectivity index (χ3n) is 3.31. The molecule has 1 saturated carbocycles. The number of hydrogen-bond acceptors (Lipinski definition) is 3. The third-order valence-corrected chi connectivity index (χ3v) is 3.31. The molecular formula is C13H20O3. The highest BCUT2D eigenvalue weighted by atomic mass is 16.6. The Kier molecular flexibility index (Phi) is 3.92. The Balaban J connectivity index is 2.72. The first-order chi connectivity index (χ1) is 7.36. The quantitative estimate of drug-likeness (QED) is 0.454. The van der Waals surface area contributed by atoms with Gasteiger partial charge in [-0.3, -0.25) is 0 Å². The van der Waals surface area contributed by atoms with Gasteiger partial charge in [-0.05, 0) is 39.0 Å². The van der Waals surface area contributed by atoms with E-state index >= 15 is 0 Å². The van der Waals surface area contributed by atoms with E-state index in [4.69, 9.17) is 4.74 Å². The Labute approximate surface area is 96.8 Å². The number of rotatable bonds is 3. The SMILES string of the molecule is C=CC(=O)OC1CC(C(=C)C)CCC1(C)O. The van der Waals surface area contributed by atoms with Gasteiger partial charge in [0.2, 0.25) is 0 Å². The summed E-state index contributed by atoms with van der Waals surface area (Å²) in [6.45, 7) is 11.0. The second-order valence-electron chi connectivity index (χ2n) is 4.80. The summed E-state index contributed by atoms with van der Waals surface area (Å²) in [6.07, 6.45) is 2.82. The Morgan fingerprint density at radius 1 is 1.62 bits per heavy atom. The van der Waals surface area contributed by atoms with Gasteiger partial charge in [0.1, 0.15) is 6.10 Å². The fraction of sp³-hybridized carbons (Fsp3) is 0.615. The van der Waals surface area contributed by atoms with Gasteiger partial charge in [-0.15, -0.1) is 0 Å². The largest absolute Gasteiger partial charge is 0.456 e. The molecule has 0 bridgehead atoms. The normalized spacial score (nSPS) is 34.2. The van der Waals surface area contributed by atoms with Crippen LogP contribution in [0.1, 0.15) is 33.1 Å². The minimum absolute atomic E-state index is 0.322. The standard InChI is InChI=1S/C13H20O3/c1-5-12(14)16-11-8-10(9(2)3)6-7-13(11,4)15/h5,10-11,15H,1-2,6-8H2,3-4H3. The lowest BCUT2D eigenvalue weighted by Gasteiger charge is -2.40. The van der Waals surface area contributed by atoms with Crippen LogP contribution < -0.4 is 0 Å². The minimum Gasteiger partial charge on any atom is -0.456 e. The molecule has 0 saturated heterocycles. The minimum atomic E-state index is -0.940. The van der Waals surface area contributed by atoms with Crippen molar-refractivity contribution in [3.63, 3.8) is 0 Å². The molecule has 3 nitrogen and oxygen atoms in total. The molecule has 0 aromatic heterocycles. The van der Waals surface area contributed by atoms with Crippen molar-refractivity contribution >= 4 is 5.97 Å². The molecule has 1 aliphatic rings. The molecule has 16 heavy (non-hydrogen) atoms. The first-order valence-corrected chi connectivity index (χ1v) is 5.57. The zero-order valence-electron chi connectivity index (χ0n) is 10.0. The Morgan fingerprint density at radius 3 is 2.75 bits per heavy atom.